The van der Waals surface area contributed by atoms with Gasteiger partial charge in [0, 0.05) is 0 Å². The molecule has 3 nitrogen and oxygen atoms in total. The Morgan fingerprint density at radius 1 is 1.31 bits per heavy atom. The Kier molecular flexibility index (Phi) is 5.89. The minimum Gasteiger partial charge on any atom is -0.466 e. The summed E-state index contributed by atoms with van der Waals surface area (Å²) in [5.41, 5.74) is 0. The van der Waals surface area contributed by atoms with Gasteiger partial charge in [-0.2, -0.15) is 0 Å². The van der Waals surface area contributed by atoms with Gasteiger partial charge in [-0.3, -0.25) is 9.36 Å². The van der Waals surface area contributed by atoms with E-state index in [1.165, 1.54) is 0 Å². The van der Waals surface area contributed by atoms with E-state index in [0.717, 1.165) is 12.8 Å². The fraction of sp³-hybridized carbons (Fsp3) is 0.889. The first kappa shape index (κ1) is 12.6. The smallest absolute Gasteiger partial charge is 0.307 e. The normalized spacial score (nSPS) is 11.6. The van der Waals surface area contributed by atoms with E-state index in [-0.39, 0.29) is 20.9 Å². The van der Waals surface area contributed by atoms with Gasteiger partial charge in [-0.15, -0.1) is 0 Å². The Hall–Kier alpha value is -0.430. The van der Waals surface area contributed by atoms with Crippen LogP contribution in [0.1, 0.15) is 40.0 Å². The summed E-state index contributed by atoms with van der Waals surface area (Å²) in [5, 5.41) is -0.410. The lowest BCUT2D eigenvalue weighted by Crippen LogP contribution is -2.25. The van der Waals surface area contributed by atoms with Crippen LogP contribution in [0.5, 0.6) is 0 Å². The van der Waals surface area contributed by atoms with Crippen molar-refractivity contribution in [2.45, 2.75) is 45.2 Å². The number of rotatable bonds is 6. The highest BCUT2D eigenvalue weighted by Gasteiger charge is 2.30. The van der Waals surface area contributed by atoms with Crippen LogP contribution < -0.4 is 0 Å². The molecule has 13 heavy (non-hydrogen) atoms. The van der Waals surface area contributed by atoms with E-state index in [2.05, 4.69) is 0 Å². The molecule has 0 aromatic rings. The summed E-state index contributed by atoms with van der Waals surface area (Å²) in [5.74, 6) is -0.255. The highest BCUT2D eigenvalue weighted by Crippen LogP contribution is 2.34. The molecular weight excluding hydrogens is 187 g/mol. The van der Waals surface area contributed by atoms with Crippen molar-refractivity contribution in [2.75, 3.05) is 6.61 Å². The highest BCUT2D eigenvalue weighted by atomic mass is 31.1. The Balaban J connectivity index is 4.24. The second kappa shape index (κ2) is 6.09. The molecule has 0 aromatic heterocycles. The van der Waals surface area contributed by atoms with Crippen LogP contribution in [-0.2, 0) is 14.1 Å². The van der Waals surface area contributed by atoms with Crippen LogP contribution in [0, 0.1) is 0 Å². The summed E-state index contributed by atoms with van der Waals surface area (Å²) in [6, 6.07) is 0. The second-order valence-corrected chi connectivity index (χ2v) is 4.14. The van der Waals surface area contributed by atoms with Crippen LogP contribution in [0.2, 0.25) is 0 Å². The number of hydrogen-bond acceptors (Lipinski definition) is 3. The van der Waals surface area contributed by atoms with Crippen molar-refractivity contribution >= 4 is 14.4 Å². The third kappa shape index (κ3) is 3.86. The summed E-state index contributed by atoms with van der Waals surface area (Å²) in [6.07, 6.45) is 1.71. The SMILES string of the molecule is CCOC(=O)CC(CC)(CC)P=O. The molecule has 0 atom stereocenters. The Morgan fingerprint density at radius 3 is 2.15 bits per heavy atom. The van der Waals surface area contributed by atoms with Gasteiger partial charge in [-0.1, -0.05) is 13.8 Å². The maximum absolute atomic E-state index is 11.2. The van der Waals surface area contributed by atoms with Crippen molar-refractivity contribution in [2.24, 2.45) is 0 Å². The van der Waals surface area contributed by atoms with Gasteiger partial charge in [0.25, 0.3) is 0 Å². The molecule has 0 aliphatic rings. The van der Waals surface area contributed by atoms with Gasteiger partial charge in [0.2, 0.25) is 0 Å². The van der Waals surface area contributed by atoms with Gasteiger partial charge in [0.1, 0.15) is 0 Å². The van der Waals surface area contributed by atoms with Crippen molar-refractivity contribution in [1.82, 2.24) is 0 Å². The molecule has 0 saturated carbocycles. The van der Waals surface area contributed by atoms with E-state index in [0.29, 0.717) is 6.61 Å². The quantitative estimate of drug-likeness (QED) is 0.493. The van der Waals surface area contributed by atoms with Gasteiger partial charge >= 0.3 is 5.97 Å². The molecule has 0 heterocycles. The number of hydrogen-bond donors (Lipinski definition) is 0. The number of esters is 1. The minimum absolute atomic E-state index is 0.0432. The average Bonchev–Trinajstić information content (AvgIpc) is 2.15. The highest BCUT2D eigenvalue weighted by molar-refractivity contribution is 7.26. The van der Waals surface area contributed by atoms with Crippen molar-refractivity contribution in [1.29, 1.82) is 0 Å². The van der Waals surface area contributed by atoms with Crippen LogP contribution in [0.25, 0.3) is 0 Å². The summed E-state index contributed by atoms with van der Waals surface area (Å²) in [6.45, 7) is 6.03. The molecule has 0 amide bonds. The van der Waals surface area contributed by atoms with Crippen LogP contribution in [0.3, 0.4) is 0 Å². The average molecular weight is 204 g/mol. The maximum Gasteiger partial charge on any atom is 0.307 e. The molecule has 0 rings (SSSR count). The van der Waals surface area contributed by atoms with Gasteiger partial charge in [0.15, 0.2) is 8.46 Å². The van der Waals surface area contributed by atoms with E-state index >= 15 is 0 Å². The molecule has 0 aromatic carbocycles. The van der Waals surface area contributed by atoms with Crippen LogP contribution in [0.4, 0.5) is 0 Å². The fourth-order valence-electron chi connectivity index (χ4n) is 1.14. The molecule has 0 bridgehead atoms. The largest absolute Gasteiger partial charge is 0.466 e. The Labute approximate surface area is 81.1 Å². The van der Waals surface area contributed by atoms with E-state index < -0.39 is 5.16 Å². The van der Waals surface area contributed by atoms with Crippen molar-refractivity contribution < 1.29 is 14.1 Å². The number of carbonyl (C=O) groups is 1. The third-order valence-corrected chi connectivity index (χ3v) is 3.47. The molecule has 0 aliphatic carbocycles. The first-order valence-electron chi connectivity index (χ1n) is 4.64. The zero-order valence-corrected chi connectivity index (χ0v) is 9.39. The number of ether oxygens (including phenoxy) is 1. The van der Waals surface area contributed by atoms with Crippen LogP contribution in [-0.4, -0.2) is 17.7 Å². The molecule has 0 spiro atoms. The van der Waals surface area contributed by atoms with Crippen LogP contribution >= 0.6 is 8.46 Å². The molecule has 0 fully saturated rings. The molecule has 0 N–H and O–H groups in total. The number of carbonyl (C=O) groups excluding carboxylic acids is 1. The van der Waals surface area contributed by atoms with Gasteiger partial charge in [0.05, 0.1) is 18.2 Å². The molecule has 0 saturated heterocycles. The molecular formula is C9H17O3P. The molecule has 4 heteroatoms. The zero-order valence-electron chi connectivity index (χ0n) is 8.50. The van der Waals surface area contributed by atoms with Gasteiger partial charge < -0.3 is 4.74 Å². The van der Waals surface area contributed by atoms with Crippen LogP contribution in [0.15, 0.2) is 0 Å². The molecule has 0 radical (unpaired) electrons. The lowest BCUT2D eigenvalue weighted by Gasteiger charge is -2.21. The lowest BCUT2D eigenvalue weighted by molar-refractivity contribution is -0.143. The lowest BCUT2D eigenvalue weighted by atomic mass is 9.98. The van der Waals surface area contributed by atoms with E-state index in [4.69, 9.17) is 4.74 Å². The predicted molar refractivity (Wildman–Crippen MR) is 52.2 cm³/mol. The first-order valence-corrected chi connectivity index (χ1v) is 5.45. The Morgan fingerprint density at radius 2 is 1.85 bits per heavy atom. The summed E-state index contributed by atoms with van der Waals surface area (Å²) in [7, 11) is 0.0432. The Bertz CT molecular complexity index is 176. The standard InChI is InChI=1S/C9H17O3P/c1-4-9(5-2,13-11)7-8(10)12-6-3/h4-7H2,1-3H3. The topological polar surface area (TPSA) is 43.4 Å². The van der Waals surface area contributed by atoms with Gasteiger partial charge in [-0.25, -0.2) is 0 Å². The molecule has 76 valence electrons. The fourth-order valence-corrected chi connectivity index (χ4v) is 1.59. The first-order chi connectivity index (χ1) is 6.14. The maximum atomic E-state index is 11.2. The summed E-state index contributed by atoms with van der Waals surface area (Å²) in [4.78, 5) is 11.2. The van der Waals surface area contributed by atoms with E-state index in [1.807, 2.05) is 13.8 Å². The van der Waals surface area contributed by atoms with Crippen molar-refractivity contribution in [3.05, 3.63) is 0 Å². The summed E-state index contributed by atoms with van der Waals surface area (Å²) < 4.78 is 15.7. The monoisotopic (exact) mass is 204 g/mol. The third-order valence-electron chi connectivity index (χ3n) is 2.29. The van der Waals surface area contributed by atoms with Crippen molar-refractivity contribution in [3.63, 3.8) is 0 Å². The molecule has 0 aliphatic heterocycles. The van der Waals surface area contributed by atoms with Gasteiger partial charge in [-0.05, 0) is 19.8 Å². The second-order valence-electron chi connectivity index (χ2n) is 3.00. The minimum atomic E-state index is -0.410. The summed E-state index contributed by atoms with van der Waals surface area (Å²) >= 11 is 0. The van der Waals surface area contributed by atoms with E-state index in [1.54, 1.807) is 6.92 Å². The van der Waals surface area contributed by atoms with E-state index in [9.17, 15) is 9.36 Å². The predicted octanol–water partition coefficient (Wildman–Crippen LogP) is 2.79. The zero-order chi connectivity index (χ0) is 10.3. The molecule has 0 unspecified atom stereocenters. The van der Waals surface area contributed by atoms with Crippen molar-refractivity contribution in [3.8, 4) is 0 Å².